The van der Waals surface area contributed by atoms with Gasteiger partial charge in [0.1, 0.15) is 5.70 Å². The van der Waals surface area contributed by atoms with E-state index in [4.69, 9.17) is 12.2 Å². The molecule has 0 aliphatic heterocycles. The largest absolute Gasteiger partial charge is 0.357 e. The lowest BCUT2D eigenvalue weighted by Crippen LogP contribution is -2.53. The molecule has 0 saturated heterocycles. The first kappa shape index (κ1) is 18.6. The third-order valence-corrected chi connectivity index (χ3v) is 2.65. The zero-order valence-corrected chi connectivity index (χ0v) is 14.5. The van der Waals surface area contributed by atoms with Gasteiger partial charge in [0.05, 0.1) is 0 Å². The molecule has 0 aliphatic carbocycles. The third kappa shape index (κ3) is 7.96. The summed E-state index contributed by atoms with van der Waals surface area (Å²) in [4.78, 5) is 23.5. The van der Waals surface area contributed by atoms with Crippen molar-refractivity contribution in [2.24, 2.45) is 0 Å². The fourth-order valence-electron chi connectivity index (χ4n) is 1.62. The van der Waals surface area contributed by atoms with Crippen LogP contribution in [0.3, 0.4) is 0 Å². The van der Waals surface area contributed by atoms with Crippen molar-refractivity contribution in [1.29, 1.82) is 0 Å². The molecule has 23 heavy (non-hydrogen) atoms. The smallest absolute Gasteiger partial charge is 0.286 e. The number of rotatable bonds is 3. The number of nitrogens with one attached hydrogen (secondary N) is 4. The van der Waals surface area contributed by atoms with Gasteiger partial charge < -0.3 is 10.6 Å². The zero-order chi connectivity index (χ0) is 17.5. The Hall–Kier alpha value is -2.41. The fourth-order valence-corrected chi connectivity index (χ4v) is 1.97. The Morgan fingerprint density at radius 2 is 1.70 bits per heavy atom. The molecule has 0 aliphatic rings. The molecule has 2 amide bonds. The molecule has 1 aromatic carbocycles. The summed E-state index contributed by atoms with van der Waals surface area (Å²) in [5.74, 6) is -0.833. The Morgan fingerprint density at radius 1 is 1.09 bits per heavy atom. The van der Waals surface area contributed by atoms with Crippen LogP contribution in [0.15, 0.2) is 36.0 Å². The van der Waals surface area contributed by atoms with Crippen LogP contribution in [-0.4, -0.2) is 22.5 Å². The topological polar surface area (TPSA) is 82.3 Å². The van der Waals surface area contributed by atoms with Gasteiger partial charge in [0.15, 0.2) is 5.11 Å². The van der Waals surface area contributed by atoms with Crippen LogP contribution >= 0.6 is 12.2 Å². The third-order valence-electron chi connectivity index (χ3n) is 2.44. The summed E-state index contributed by atoms with van der Waals surface area (Å²) in [6.45, 7) is 7.17. The molecule has 6 nitrogen and oxygen atoms in total. The lowest BCUT2D eigenvalue weighted by molar-refractivity contribution is -0.122. The van der Waals surface area contributed by atoms with Gasteiger partial charge >= 0.3 is 0 Å². The van der Waals surface area contributed by atoms with E-state index in [1.807, 2.05) is 51.1 Å². The van der Waals surface area contributed by atoms with E-state index in [0.29, 0.717) is 0 Å². The van der Waals surface area contributed by atoms with Gasteiger partial charge in [-0.25, -0.2) is 0 Å². The number of carbonyl (C=O) groups excluding carboxylic acids is 2. The standard InChI is InChI=1S/C16H22N4O2S/c1-11(21)17-13(10-12-8-6-5-7-9-12)14(22)19-20-15(23)18-16(2,3)4/h5-10H,1-4H3,(H,17,21)(H,19,22)(H2,18,20,23)/b13-10-. The van der Waals surface area contributed by atoms with Crippen LogP contribution in [0.2, 0.25) is 0 Å². The summed E-state index contributed by atoms with van der Waals surface area (Å²) >= 11 is 5.08. The zero-order valence-electron chi connectivity index (χ0n) is 13.7. The number of carbonyl (C=O) groups is 2. The van der Waals surface area contributed by atoms with Gasteiger partial charge in [0.25, 0.3) is 5.91 Å². The van der Waals surface area contributed by atoms with E-state index >= 15 is 0 Å². The molecule has 0 radical (unpaired) electrons. The molecule has 0 fully saturated rings. The highest BCUT2D eigenvalue weighted by Gasteiger charge is 2.14. The highest BCUT2D eigenvalue weighted by molar-refractivity contribution is 7.80. The second-order valence-electron chi connectivity index (χ2n) is 5.93. The highest BCUT2D eigenvalue weighted by Crippen LogP contribution is 2.05. The van der Waals surface area contributed by atoms with Crippen molar-refractivity contribution in [2.45, 2.75) is 33.2 Å². The summed E-state index contributed by atoms with van der Waals surface area (Å²) in [6.07, 6.45) is 1.58. The molecule has 4 N–H and O–H groups in total. The van der Waals surface area contributed by atoms with Crippen LogP contribution in [0.1, 0.15) is 33.3 Å². The highest BCUT2D eigenvalue weighted by atomic mass is 32.1. The Kier molecular flexibility index (Phi) is 6.71. The average Bonchev–Trinajstić information content (AvgIpc) is 2.43. The lowest BCUT2D eigenvalue weighted by atomic mass is 10.1. The minimum atomic E-state index is -0.498. The monoisotopic (exact) mass is 334 g/mol. The maximum Gasteiger partial charge on any atom is 0.286 e. The van der Waals surface area contributed by atoms with Crippen molar-refractivity contribution in [3.8, 4) is 0 Å². The Labute approximate surface area is 141 Å². The van der Waals surface area contributed by atoms with E-state index in [1.165, 1.54) is 6.92 Å². The van der Waals surface area contributed by atoms with Crippen LogP contribution in [0.5, 0.6) is 0 Å². The number of hydrazine groups is 1. The number of amides is 2. The molecule has 1 aromatic rings. The van der Waals surface area contributed by atoms with Gasteiger partial charge in [-0.3, -0.25) is 20.4 Å². The molecule has 0 spiro atoms. The average molecular weight is 334 g/mol. The number of thiocarbonyl (C=S) groups is 1. The van der Waals surface area contributed by atoms with Gasteiger partial charge in [-0.05, 0) is 44.6 Å². The summed E-state index contributed by atoms with van der Waals surface area (Å²) in [6, 6.07) is 9.21. The molecule has 0 unspecified atom stereocenters. The van der Waals surface area contributed by atoms with Gasteiger partial charge in [-0.1, -0.05) is 30.3 Å². The van der Waals surface area contributed by atoms with Crippen molar-refractivity contribution in [3.05, 3.63) is 41.6 Å². The van der Waals surface area contributed by atoms with E-state index in [-0.39, 0.29) is 22.3 Å². The molecule has 0 saturated carbocycles. The number of hydrogen-bond acceptors (Lipinski definition) is 3. The molecule has 7 heteroatoms. The van der Waals surface area contributed by atoms with Crippen molar-refractivity contribution in [3.63, 3.8) is 0 Å². The van der Waals surface area contributed by atoms with Crippen molar-refractivity contribution in [1.82, 2.24) is 21.5 Å². The molecule has 0 bridgehead atoms. The van der Waals surface area contributed by atoms with Crippen LogP contribution in [0.4, 0.5) is 0 Å². The molecule has 0 aromatic heterocycles. The summed E-state index contributed by atoms with van der Waals surface area (Å²) in [5.41, 5.74) is 5.75. The number of benzene rings is 1. The Morgan fingerprint density at radius 3 is 2.22 bits per heavy atom. The lowest BCUT2D eigenvalue weighted by Gasteiger charge is -2.23. The summed E-state index contributed by atoms with van der Waals surface area (Å²) in [5, 5.41) is 5.79. The molecule has 0 heterocycles. The first-order valence-electron chi connectivity index (χ1n) is 7.10. The maximum atomic E-state index is 12.2. The van der Waals surface area contributed by atoms with Crippen molar-refractivity contribution < 1.29 is 9.59 Å². The SMILES string of the molecule is CC(=O)N/C(=C\c1ccccc1)C(=O)NNC(=S)NC(C)(C)C. The van der Waals surface area contributed by atoms with Crippen LogP contribution < -0.4 is 21.5 Å². The van der Waals surface area contributed by atoms with Gasteiger partial charge in [-0.15, -0.1) is 0 Å². The van der Waals surface area contributed by atoms with Crippen molar-refractivity contribution in [2.75, 3.05) is 0 Å². The first-order chi connectivity index (χ1) is 10.7. The van der Waals surface area contributed by atoms with Gasteiger partial charge in [-0.2, -0.15) is 0 Å². The normalized spacial score (nSPS) is 11.4. The molecule has 124 valence electrons. The molecule has 1 rings (SSSR count). The first-order valence-corrected chi connectivity index (χ1v) is 7.51. The van der Waals surface area contributed by atoms with Crippen molar-refractivity contribution >= 4 is 35.2 Å². The second kappa shape index (κ2) is 8.28. The maximum absolute atomic E-state index is 12.2. The number of hydrogen-bond donors (Lipinski definition) is 4. The predicted molar refractivity (Wildman–Crippen MR) is 95.0 cm³/mol. The van der Waals surface area contributed by atoms with E-state index in [9.17, 15) is 9.59 Å². The van der Waals surface area contributed by atoms with Gasteiger partial charge in [0, 0.05) is 12.5 Å². The predicted octanol–water partition coefficient (Wildman–Crippen LogP) is 1.46. The van der Waals surface area contributed by atoms with Crippen LogP contribution in [0.25, 0.3) is 6.08 Å². The van der Waals surface area contributed by atoms with Crippen LogP contribution in [0, 0.1) is 0 Å². The van der Waals surface area contributed by atoms with E-state index in [0.717, 1.165) is 5.56 Å². The molecule has 0 atom stereocenters. The van der Waals surface area contributed by atoms with E-state index in [2.05, 4.69) is 21.5 Å². The minimum absolute atomic E-state index is 0.120. The molecular formula is C16H22N4O2S. The summed E-state index contributed by atoms with van der Waals surface area (Å²) < 4.78 is 0. The minimum Gasteiger partial charge on any atom is -0.357 e. The van der Waals surface area contributed by atoms with E-state index in [1.54, 1.807) is 6.08 Å². The van der Waals surface area contributed by atoms with Gasteiger partial charge in [0.2, 0.25) is 5.91 Å². The fraction of sp³-hybridized carbons (Fsp3) is 0.312. The summed E-state index contributed by atoms with van der Waals surface area (Å²) in [7, 11) is 0. The Bertz CT molecular complexity index is 606. The van der Waals surface area contributed by atoms with E-state index < -0.39 is 5.91 Å². The quantitative estimate of drug-likeness (QED) is 0.382. The van der Waals surface area contributed by atoms with Crippen LogP contribution in [-0.2, 0) is 9.59 Å². The molecular weight excluding hydrogens is 312 g/mol. The Balaban J connectivity index is 2.76. The second-order valence-corrected chi connectivity index (χ2v) is 6.34.